The average Bonchev–Trinajstić information content (AvgIpc) is 2.83. The molecule has 2 amide bonds. The normalized spacial score (nSPS) is 11.7. The van der Waals surface area contributed by atoms with Crippen LogP contribution in [0.5, 0.6) is 5.75 Å². The van der Waals surface area contributed by atoms with Gasteiger partial charge in [0, 0.05) is 25.0 Å². The quantitative estimate of drug-likeness (QED) is 0.549. The summed E-state index contributed by atoms with van der Waals surface area (Å²) in [4.78, 5) is 39.0. The molecule has 33 heavy (non-hydrogen) atoms. The van der Waals surface area contributed by atoms with Gasteiger partial charge in [-0.2, -0.15) is 0 Å². The number of nitrogens with one attached hydrogen (secondary N) is 2. The van der Waals surface area contributed by atoms with Crippen molar-refractivity contribution < 1.29 is 14.3 Å². The summed E-state index contributed by atoms with van der Waals surface area (Å²) in [7, 11) is 1.57. The van der Waals surface area contributed by atoms with Gasteiger partial charge in [0.2, 0.25) is 5.43 Å². The van der Waals surface area contributed by atoms with Crippen LogP contribution >= 0.6 is 0 Å². The predicted octanol–water partition coefficient (Wildman–Crippen LogP) is 3.86. The molecule has 1 atom stereocenters. The topological polar surface area (TPSA) is 89.4 Å². The number of aromatic nitrogens is 1. The van der Waals surface area contributed by atoms with Crippen molar-refractivity contribution in [2.75, 3.05) is 7.11 Å². The van der Waals surface area contributed by atoms with Gasteiger partial charge >= 0.3 is 0 Å². The van der Waals surface area contributed by atoms with Gasteiger partial charge < -0.3 is 19.9 Å². The van der Waals surface area contributed by atoms with Crippen LogP contribution in [-0.4, -0.2) is 23.5 Å². The van der Waals surface area contributed by atoms with Gasteiger partial charge in [-0.3, -0.25) is 14.4 Å². The molecule has 0 saturated carbocycles. The van der Waals surface area contributed by atoms with Crippen LogP contribution in [0.3, 0.4) is 0 Å². The molecule has 0 fully saturated rings. The van der Waals surface area contributed by atoms with Gasteiger partial charge in [0.05, 0.1) is 13.2 Å². The van der Waals surface area contributed by atoms with Crippen molar-refractivity contribution in [2.45, 2.75) is 39.4 Å². The molecule has 0 saturated heterocycles. The second-order valence-corrected chi connectivity index (χ2v) is 8.10. The Hall–Kier alpha value is -3.87. The number of methoxy groups -OCH3 is 1. The minimum absolute atomic E-state index is 0.0476. The number of pyridine rings is 1. The Morgan fingerprint density at radius 1 is 0.939 bits per heavy atom. The molecule has 0 spiro atoms. The first-order chi connectivity index (χ1) is 15.8. The Kier molecular flexibility index (Phi) is 7.66. The lowest BCUT2D eigenvalue weighted by Gasteiger charge is -2.18. The van der Waals surface area contributed by atoms with E-state index in [1.54, 1.807) is 11.7 Å². The minimum atomic E-state index is -0.604. The molecule has 0 radical (unpaired) electrons. The summed E-state index contributed by atoms with van der Waals surface area (Å²) in [5.74, 6) is -0.385. The molecule has 3 aromatic rings. The Labute approximate surface area is 193 Å². The molecule has 2 aromatic carbocycles. The summed E-state index contributed by atoms with van der Waals surface area (Å²) >= 11 is 0. The van der Waals surface area contributed by atoms with Gasteiger partial charge in [0.1, 0.15) is 16.9 Å². The molecule has 2 N–H and O–H groups in total. The molecule has 0 aliphatic heterocycles. The molecule has 7 nitrogen and oxygen atoms in total. The molecule has 1 heterocycles. The van der Waals surface area contributed by atoms with Gasteiger partial charge in [-0.25, -0.2) is 0 Å². The van der Waals surface area contributed by atoms with Crippen molar-refractivity contribution in [1.29, 1.82) is 0 Å². The van der Waals surface area contributed by atoms with Crippen LogP contribution in [0.1, 0.15) is 64.7 Å². The summed E-state index contributed by atoms with van der Waals surface area (Å²) in [6, 6.07) is 16.3. The van der Waals surface area contributed by atoms with Gasteiger partial charge in [0.25, 0.3) is 11.8 Å². The van der Waals surface area contributed by atoms with E-state index in [1.165, 1.54) is 12.4 Å². The number of amides is 2. The SMILES string of the molecule is COc1cccc([C@@H](C)NC(=O)c2cn(C(C)C)cc(C(=O)NCc3ccccc3)c2=O)c1. The van der Waals surface area contributed by atoms with E-state index in [0.717, 1.165) is 11.1 Å². The highest BCUT2D eigenvalue weighted by atomic mass is 16.5. The first-order valence-electron chi connectivity index (χ1n) is 10.8. The Bertz CT molecular complexity index is 1190. The summed E-state index contributed by atoms with van der Waals surface area (Å²) in [6.45, 7) is 5.93. The van der Waals surface area contributed by atoms with Gasteiger partial charge in [-0.05, 0) is 44.0 Å². The van der Waals surface area contributed by atoms with Crippen LogP contribution < -0.4 is 20.8 Å². The molecule has 0 aliphatic carbocycles. The van der Waals surface area contributed by atoms with E-state index in [9.17, 15) is 14.4 Å². The fraction of sp³-hybridized carbons (Fsp3) is 0.269. The fourth-order valence-corrected chi connectivity index (χ4v) is 3.36. The second kappa shape index (κ2) is 10.6. The van der Waals surface area contributed by atoms with Crippen molar-refractivity contribution in [1.82, 2.24) is 15.2 Å². The van der Waals surface area contributed by atoms with E-state index in [2.05, 4.69) is 10.6 Å². The smallest absolute Gasteiger partial charge is 0.257 e. The zero-order valence-corrected chi connectivity index (χ0v) is 19.3. The van der Waals surface area contributed by atoms with Crippen molar-refractivity contribution in [2.24, 2.45) is 0 Å². The number of carbonyl (C=O) groups excluding carboxylic acids is 2. The Morgan fingerprint density at radius 3 is 2.24 bits per heavy atom. The fourth-order valence-electron chi connectivity index (χ4n) is 3.36. The van der Waals surface area contributed by atoms with Gasteiger partial charge in [0.15, 0.2) is 0 Å². The highest BCUT2D eigenvalue weighted by Crippen LogP contribution is 2.19. The van der Waals surface area contributed by atoms with E-state index in [1.807, 2.05) is 75.4 Å². The third-order valence-electron chi connectivity index (χ3n) is 5.37. The monoisotopic (exact) mass is 447 g/mol. The van der Waals surface area contributed by atoms with E-state index in [-0.39, 0.29) is 29.8 Å². The zero-order chi connectivity index (χ0) is 24.0. The first kappa shape index (κ1) is 23.8. The Balaban J connectivity index is 1.86. The zero-order valence-electron chi connectivity index (χ0n) is 19.3. The molecular weight excluding hydrogens is 418 g/mol. The first-order valence-corrected chi connectivity index (χ1v) is 10.8. The molecule has 0 aliphatic rings. The standard InChI is InChI=1S/C26H29N3O4/c1-17(2)29-15-22(25(31)27-14-19-9-6-5-7-10-19)24(30)23(16-29)26(32)28-18(3)20-11-8-12-21(13-20)33-4/h5-13,15-18H,14H2,1-4H3,(H,27,31)(H,28,32)/t18-/m1/s1. The van der Waals surface area contributed by atoms with Crippen LogP contribution in [0.25, 0.3) is 0 Å². The van der Waals surface area contributed by atoms with E-state index in [0.29, 0.717) is 5.75 Å². The summed E-state index contributed by atoms with van der Waals surface area (Å²) in [5, 5.41) is 5.63. The number of hydrogen-bond donors (Lipinski definition) is 2. The molecule has 3 rings (SSSR count). The van der Waals surface area contributed by atoms with Gasteiger partial charge in [-0.15, -0.1) is 0 Å². The van der Waals surface area contributed by atoms with Crippen LogP contribution in [0.4, 0.5) is 0 Å². The number of hydrogen-bond acceptors (Lipinski definition) is 4. The van der Waals surface area contributed by atoms with E-state index in [4.69, 9.17) is 4.74 Å². The predicted molar refractivity (Wildman–Crippen MR) is 128 cm³/mol. The minimum Gasteiger partial charge on any atom is -0.497 e. The lowest BCUT2D eigenvalue weighted by atomic mass is 10.1. The number of nitrogens with zero attached hydrogens (tertiary/aromatic N) is 1. The number of ether oxygens (including phenoxy) is 1. The number of benzene rings is 2. The van der Waals surface area contributed by atoms with E-state index < -0.39 is 17.2 Å². The summed E-state index contributed by atoms with van der Waals surface area (Å²) < 4.78 is 6.94. The van der Waals surface area contributed by atoms with Crippen LogP contribution in [0, 0.1) is 0 Å². The molecule has 0 unspecified atom stereocenters. The maximum Gasteiger partial charge on any atom is 0.257 e. The molecule has 1 aromatic heterocycles. The van der Waals surface area contributed by atoms with Crippen molar-refractivity contribution in [3.05, 3.63) is 99.5 Å². The summed E-state index contributed by atoms with van der Waals surface area (Å²) in [6.07, 6.45) is 2.99. The van der Waals surface area contributed by atoms with Crippen LogP contribution in [0.2, 0.25) is 0 Å². The maximum atomic E-state index is 13.1. The second-order valence-electron chi connectivity index (χ2n) is 8.10. The molecule has 0 bridgehead atoms. The lowest BCUT2D eigenvalue weighted by Crippen LogP contribution is -2.36. The largest absolute Gasteiger partial charge is 0.497 e. The highest BCUT2D eigenvalue weighted by molar-refractivity contribution is 5.99. The molecule has 172 valence electrons. The average molecular weight is 448 g/mol. The number of carbonyl (C=O) groups is 2. The third-order valence-corrected chi connectivity index (χ3v) is 5.37. The van der Waals surface area contributed by atoms with Crippen molar-refractivity contribution >= 4 is 11.8 Å². The summed E-state index contributed by atoms with van der Waals surface area (Å²) in [5.41, 5.74) is 1.000. The van der Waals surface area contributed by atoms with Gasteiger partial charge in [-0.1, -0.05) is 42.5 Å². The van der Waals surface area contributed by atoms with Crippen LogP contribution in [-0.2, 0) is 6.54 Å². The molecular formula is C26H29N3O4. The lowest BCUT2D eigenvalue weighted by molar-refractivity contribution is 0.0937. The van der Waals surface area contributed by atoms with E-state index >= 15 is 0 Å². The highest BCUT2D eigenvalue weighted by Gasteiger charge is 2.21. The maximum absolute atomic E-state index is 13.1. The Morgan fingerprint density at radius 2 is 1.61 bits per heavy atom. The molecule has 7 heteroatoms. The van der Waals surface area contributed by atoms with Crippen molar-refractivity contribution in [3.63, 3.8) is 0 Å². The van der Waals surface area contributed by atoms with Crippen molar-refractivity contribution in [3.8, 4) is 5.75 Å². The van der Waals surface area contributed by atoms with Crippen LogP contribution in [0.15, 0.2) is 71.8 Å². The number of rotatable bonds is 8. The third kappa shape index (κ3) is 5.88.